The van der Waals surface area contributed by atoms with Crippen molar-refractivity contribution < 1.29 is 9.22 Å². The Morgan fingerprint density at radius 2 is 1.67 bits per heavy atom. The summed E-state index contributed by atoms with van der Waals surface area (Å²) < 4.78 is 6.60. The maximum absolute atomic E-state index is 6.03. The summed E-state index contributed by atoms with van der Waals surface area (Å²) in [5.74, 6) is 0.849. The summed E-state index contributed by atoms with van der Waals surface area (Å²) in [5, 5.41) is 1.50. The molecule has 112 valence electrons. The van der Waals surface area contributed by atoms with Crippen LogP contribution in [0.1, 0.15) is 5.56 Å². The van der Waals surface area contributed by atoms with Gasteiger partial charge < -0.3 is 9.22 Å². The first kappa shape index (κ1) is 16.2. The lowest BCUT2D eigenvalue weighted by atomic mass is 10.2. The third-order valence-electron chi connectivity index (χ3n) is 3.28. The standard InChI is InChI=1S/C17H20Cl2NO/c1-20(2,13-14-4-3-5-16(19)12-14)10-11-21-17-8-6-15(18)7-9-17/h3-9,12H,10-11,13H2,1-2H3/q+1. The highest BCUT2D eigenvalue weighted by Gasteiger charge is 2.16. The number of hydrogen-bond acceptors (Lipinski definition) is 1. The molecule has 0 amide bonds. The van der Waals surface area contributed by atoms with Crippen LogP contribution < -0.4 is 4.74 Å². The van der Waals surface area contributed by atoms with Gasteiger partial charge in [0, 0.05) is 15.6 Å². The molecular weight excluding hydrogens is 305 g/mol. The van der Waals surface area contributed by atoms with E-state index in [1.807, 2.05) is 42.5 Å². The van der Waals surface area contributed by atoms with Crippen LogP contribution in [0, 0.1) is 0 Å². The third kappa shape index (κ3) is 5.58. The Hall–Kier alpha value is -1.22. The first-order chi connectivity index (χ1) is 9.94. The van der Waals surface area contributed by atoms with Gasteiger partial charge >= 0.3 is 0 Å². The highest BCUT2D eigenvalue weighted by molar-refractivity contribution is 6.30. The molecule has 2 aromatic carbocycles. The van der Waals surface area contributed by atoms with Gasteiger partial charge in [0.1, 0.15) is 25.4 Å². The number of benzene rings is 2. The summed E-state index contributed by atoms with van der Waals surface area (Å²) >= 11 is 11.9. The predicted molar refractivity (Wildman–Crippen MR) is 89.1 cm³/mol. The van der Waals surface area contributed by atoms with Gasteiger partial charge in [0.15, 0.2) is 0 Å². The van der Waals surface area contributed by atoms with Crippen molar-refractivity contribution in [3.8, 4) is 5.75 Å². The maximum atomic E-state index is 6.03. The molecule has 0 spiro atoms. The fourth-order valence-corrected chi connectivity index (χ4v) is 2.49. The van der Waals surface area contributed by atoms with E-state index in [9.17, 15) is 0 Å². The first-order valence-electron chi connectivity index (χ1n) is 6.89. The van der Waals surface area contributed by atoms with Crippen LogP contribution >= 0.6 is 23.2 Å². The van der Waals surface area contributed by atoms with Crippen molar-refractivity contribution in [2.24, 2.45) is 0 Å². The molecule has 2 rings (SSSR count). The van der Waals surface area contributed by atoms with Crippen LogP contribution in [-0.4, -0.2) is 31.7 Å². The summed E-state index contributed by atoms with van der Waals surface area (Å²) in [7, 11) is 4.37. The largest absolute Gasteiger partial charge is 0.488 e. The maximum Gasteiger partial charge on any atom is 0.137 e. The third-order valence-corrected chi connectivity index (χ3v) is 3.77. The Bertz CT molecular complexity index is 582. The average Bonchev–Trinajstić information content (AvgIpc) is 2.40. The van der Waals surface area contributed by atoms with Crippen LogP contribution in [0.5, 0.6) is 5.75 Å². The lowest BCUT2D eigenvalue weighted by Gasteiger charge is -2.29. The molecule has 0 aromatic heterocycles. The van der Waals surface area contributed by atoms with Gasteiger partial charge in [-0.3, -0.25) is 0 Å². The molecule has 0 saturated heterocycles. The Kier molecular flexibility index (Phi) is 5.51. The molecule has 21 heavy (non-hydrogen) atoms. The van der Waals surface area contributed by atoms with E-state index in [1.165, 1.54) is 5.56 Å². The van der Waals surface area contributed by atoms with Crippen molar-refractivity contribution in [1.82, 2.24) is 0 Å². The van der Waals surface area contributed by atoms with E-state index in [2.05, 4.69) is 20.2 Å². The van der Waals surface area contributed by atoms with E-state index in [0.717, 1.165) is 33.4 Å². The fraction of sp³-hybridized carbons (Fsp3) is 0.294. The zero-order valence-electron chi connectivity index (χ0n) is 12.4. The monoisotopic (exact) mass is 324 g/mol. The summed E-state index contributed by atoms with van der Waals surface area (Å²) in [4.78, 5) is 0. The lowest BCUT2D eigenvalue weighted by Crippen LogP contribution is -2.41. The summed E-state index contributed by atoms with van der Waals surface area (Å²) in [5.41, 5.74) is 1.24. The minimum atomic E-state index is 0.662. The Morgan fingerprint density at radius 1 is 0.952 bits per heavy atom. The molecule has 0 aliphatic carbocycles. The minimum absolute atomic E-state index is 0.662. The molecule has 0 heterocycles. The highest BCUT2D eigenvalue weighted by Crippen LogP contribution is 2.17. The Labute approximate surface area is 136 Å². The molecule has 0 atom stereocenters. The second-order valence-electron chi connectivity index (χ2n) is 5.75. The van der Waals surface area contributed by atoms with Crippen LogP contribution in [0.3, 0.4) is 0 Å². The van der Waals surface area contributed by atoms with E-state index in [-0.39, 0.29) is 0 Å². The van der Waals surface area contributed by atoms with Crippen LogP contribution in [0.4, 0.5) is 0 Å². The average molecular weight is 325 g/mol. The van der Waals surface area contributed by atoms with Crippen LogP contribution in [0.2, 0.25) is 10.0 Å². The lowest BCUT2D eigenvalue weighted by molar-refractivity contribution is -0.903. The van der Waals surface area contributed by atoms with Crippen molar-refractivity contribution in [1.29, 1.82) is 0 Å². The molecule has 2 nitrogen and oxygen atoms in total. The van der Waals surface area contributed by atoms with Gasteiger partial charge in [0.25, 0.3) is 0 Å². The normalized spacial score (nSPS) is 11.4. The van der Waals surface area contributed by atoms with Gasteiger partial charge in [0.05, 0.1) is 14.1 Å². The van der Waals surface area contributed by atoms with E-state index in [4.69, 9.17) is 27.9 Å². The number of halogens is 2. The van der Waals surface area contributed by atoms with E-state index >= 15 is 0 Å². The quantitative estimate of drug-likeness (QED) is 0.703. The first-order valence-corrected chi connectivity index (χ1v) is 7.65. The molecule has 0 saturated carbocycles. The van der Waals surface area contributed by atoms with Gasteiger partial charge in [0.2, 0.25) is 0 Å². The number of nitrogens with zero attached hydrogens (tertiary/aromatic N) is 1. The van der Waals surface area contributed by atoms with Crippen LogP contribution in [-0.2, 0) is 6.54 Å². The summed E-state index contributed by atoms with van der Waals surface area (Å²) in [6.07, 6.45) is 0. The number of hydrogen-bond donors (Lipinski definition) is 0. The number of rotatable bonds is 6. The predicted octanol–water partition coefficient (Wildman–Crippen LogP) is 4.65. The Balaban J connectivity index is 1.84. The molecule has 4 heteroatoms. The topological polar surface area (TPSA) is 9.23 Å². The number of ether oxygens (including phenoxy) is 1. The Morgan fingerprint density at radius 3 is 2.33 bits per heavy atom. The smallest absolute Gasteiger partial charge is 0.137 e. The molecular formula is C17H20Cl2NO+. The van der Waals surface area contributed by atoms with Gasteiger partial charge in [-0.25, -0.2) is 0 Å². The van der Waals surface area contributed by atoms with Crippen molar-refractivity contribution in [3.63, 3.8) is 0 Å². The number of quaternary nitrogens is 1. The zero-order valence-corrected chi connectivity index (χ0v) is 13.9. The van der Waals surface area contributed by atoms with Crippen molar-refractivity contribution in [3.05, 3.63) is 64.1 Å². The highest BCUT2D eigenvalue weighted by atomic mass is 35.5. The zero-order chi connectivity index (χ0) is 15.3. The molecule has 2 aromatic rings. The van der Waals surface area contributed by atoms with Crippen molar-refractivity contribution >= 4 is 23.2 Å². The summed E-state index contributed by atoms with van der Waals surface area (Å²) in [6.45, 7) is 2.49. The molecule has 0 aliphatic rings. The second kappa shape index (κ2) is 7.17. The fourth-order valence-electron chi connectivity index (χ4n) is 2.15. The number of likely N-dealkylation sites (N-methyl/N-ethyl adjacent to an activating group) is 1. The molecule has 0 aliphatic heterocycles. The molecule has 0 radical (unpaired) electrons. The van der Waals surface area contributed by atoms with Crippen molar-refractivity contribution in [2.75, 3.05) is 27.2 Å². The van der Waals surface area contributed by atoms with Gasteiger partial charge in [-0.2, -0.15) is 0 Å². The van der Waals surface area contributed by atoms with E-state index in [1.54, 1.807) is 0 Å². The molecule has 0 unspecified atom stereocenters. The van der Waals surface area contributed by atoms with Gasteiger partial charge in [-0.1, -0.05) is 35.3 Å². The summed E-state index contributed by atoms with van der Waals surface area (Å²) in [6, 6.07) is 15.5. The van der Waals surface area contributed by atoms with E-state index < -0.39 is 0 Å². The molecule has 0 bridgehead atoms. The van der Waals surface area contributed by atoms with Crippen LogP contribution in [0.15, 0.2) is 48.5 Å². The van der Waals surface area contributed by atoms with Gasteiger partial charge in [-0.15, -0.1) is 0 Å². The van der Waals surface area contributed by atoms with E-state index in [0.29, 0.717) is 6.61 Å². The molecule has 0 N–H and O–H groups in total. The van der Waals surface area contributed by atoms with Gasteiger partial charge in [-0.05, 0) is 36.4 Å². The SMILES string of the molecule is C[N+](C)(CCOc1ccc(Cl)cc1)Cc1cccc(Cl)c1. The molecule has 0 fully saturated rings. The van der Waals surface area contributed by atoms with Crippen LogP contribution in [0.25, 0.3) is 0 Å². The second-order valence-corrected chi connectivity index (χ2v) is 6.62. The van der Waals surface area contributed by atoms with Crippen molar-refractivity contribution in [2.45, 2.75) is 6.54 Å². The minimum Gasteiger partial charge on any atom is -0.488 e.